The third kappa shape index (κ3) is 2.67. The van der Waals surface area contributed by atoms with Gasteiger partial charge in [0.1, 0.15) is 0 Å². The zero-order chi connectivity index (χ0) is 13.0. The third-order valence-corrected chi connectivity index (χ3v) is 2.69. The number of carbonyl (C=O) groups excluding carboxylic acids is 1. The lowest BCUT2D eigenvalue weighted by Gasteiger charge is -2.05. The zero-order valence-electron chi connectivity index (χ0n) is 10.0. The number of nitrogen functional groups attached to an aromatic ring is 1. The number of benzene rings is 1. The van der Waals surface area contributed by atoms with Gasteiger partial charge < -0.3 is 10.7 Å². The van der Waals surface area contributed by atoms with Gasteiger partial charge in [0, 0.05) is 29.1 Å². The average molecular weight is 245 g/mol. The number of carbonyl (C=O) groups is 1. The van der Waals surface area contributed by atoms with Crippen molar-refractivity contribution in [2.24, 2.45) is 5.84 Å². The lowest BCUT2D eigenvalue weighted by Crippen LogP contribution is -2.22. The molecule has 6 heteroatoms. The van der Waals surface area contributed by atoms with Gasteiger partial charge in [0.25, 0.3) is 5.91 Å². The fraction of sp³-hybridized carbons (Fsp3) is 0.167. The van der Waals surface area contributed by atoms with Crippen LogP contribution in [-0.2, 0) is 6.54 Å². The van der Waals surface area contributed by atoms with Crippen molar-refractivity contribution in [3.8, 4) is 0 Å². The number of aryl methyl sites for hydroxylation is 1. The van der Waals surface area contributed by atoms with Crippen molar-refractivity contribution in [1.82, 2.24) is 15.5 Å². The summed E-state index contributed by atoms with van der Waals surface area (Å²) in [5, 5.41) is 9.55. The molecule has 5 N–H and O–H groups in total. The van der Waals surface area contributed by atoms with Crippen molar-refractivity contribution in [1.29, 1.82) is 0 Å². The van der Waals surface area contributed by atoms with Gasteiger partial charge >= 0.3 is 0 Å². The van der Waals surface area contributed by atoms with E-state index in [4.69, 9.17) is 5.84 Å². The molecule has 0 atom stereocenters. The van der Waals surface area contributed by atoms with E-state index in [0.29, 0.717) is 12.1 Å². The average Bonchev–Trinajstić information content (AvgIpc) is 2.81. The Balaban J connectivity index is 1.97. The molecular formula is C12H15N5O. The number of nitrogens with two attached hydrogens (primary N) is 1. The highest BCUT2D eigenvalue weighted by Crippen LogP contribution is 2.08. The number of hydrazine groups is 1. The van der Waals surface area contributed by atoms with E-state index in [2.05, 4.69) is 20.9 Å². The first-order valence-electron chi connectivity index (χ1n) is 5.54. The minimum atomic E-state index is -0.126. The van der Waals surface area contributed by atoms with Crippen LogP contribution >= 0.6 is 0 Å². The summed E-state index contributed by atoms with van der Waals surface area (Å²) in [6.45, 7) is 2.37. The van der Waals surface area contributed by atoms with Gasteiger partial charge in [-0.2, -0.15) is 5.10 Å². The third-order valence-electron chi connectivity index (χ3n) is 2.69. The molecule has 0 spiro atoms. The molecule has 0 aliphatic heterocycles. The van der Waals surface area contributed by atoms with Gasteiger partial charge in [-0.15, -0.1) is 0 Å². The van der Waals surface area contributed by atoms with Crippen molar-refractivity contribution in [3.63, 3.8) is 0 Å². The molecule has 0 aliphatic rings. The van der Waals surface area contributed by atoms with Crippen molar-refractivity contribution >= 4 is 11.6 Å². The minimum absolute atomic E-state index is 0.126. The van der Waals surface area contributed by atoms with Crippen LogP contribution in [0, 0.1) is 6.92 Å². The standard InChI is InChI=1S/C12H15N5O/c1-8-10(7-15-17-8)6-14-12(18)9-2-4-11(16-13)5-3-9/h2-5,7,16H,6,13H2,1H3,(H,14,18)(H,15,17). The van der Waals surface area contributed by atoms with Crippen LogP contribution in [0.2, 0.25) is 0 Å². The lowest BCUT2D eigenvalue weighted by molar-refractivity contribution is 0.0951. The van der Waals surface area contributed by atoms with Crippen LogP contribution in [-0.4, -0.2) is 16.1 Å². The largest absolute Gasteiger partial charge is 0.348 e. The Hall–Kier alpha value is -2.34. The van der Waals surface area contributed by atoms with Crippen LogP contribution in [0.1, 0.15) is 21.6 Å². The Labute approximate surface area is 105 Å². The van der Waals surface area contributed by atoms with Crippen molar-refractivity contribution in [2.75, 3.05) is 5.43 Å². The van der Waals surface area contributed by atoms with E-state index in [0.717, 1.165) is 16.9 Å². The molecule has 0 unspecified atom stereocenters. The number of hydrogen-bond acceptors (Lipinski definition) is 4. The number of aromatic nitrogens is 2. The van der Waals surface area contributed by atoms with Gasteiger partial charge in [-0.3, -0.25) is 15.7 Å². The molecule has 2 rings (SSSR count). The molecule has 0 saturated carbocycles. The van der Waals surface area contributed by atoms with Crippen molar-refractivity contribution < 1.29 is 4.79 Å². The summed E-state index contributed by atoms with van der Waals surface area (Å²) in [6, 6.07) is 6.93. The predicted molar refractivity (Wildman–Crippen MR) is 68.7 cm³/mol. The molecular weight excluding hydrogens is 230 g/mol. The maximum Gasteiger partial charge on any atom is 0.251 e. The number of H-pyrrole nitrogens is 1. The number of nitrogens with zero attached hydrogens (tertiary/aromatic N) is 1. The first kappa shape index (κ1) is 12.1. The molecule has 6 nitrogen and oxygen atoms in total. The highest BCUT2D eigenvalue weighted by atomic mass is 16.1. The van der Waals surface area contributed by atoms with Crippen LogP contribution < -0.4 is 16.6 Å². The highest BCUT2D eigenvalue weighted by molar-refractivity contribution is 5.94. The van der Waals surface area contributed by atoms with Gasteiger partial charge in [0.15, 0.2) is 0 Å². The Kier molecular flexibility index (Phi) is 3.59. The molecule has 1 aromatic heterocycles. The monoisotopic (exact) mass is 245 g/mol. The molecule has 0 saturated heterocycles. The molecule has 0 fully saturated rings. The molecule has 0 bridgehead atoms. The van der Waals surface area contributed by atoms with E-state index in [1.165, 1.54) is 0 Å². The van der Waals surface area contributed by atoms with Crippen molar-refractivity contribution in [3.05, 3.63) is 47.3 Å². The maximum atomic E-state index is 11.9. The minimum Gasteiger partial charge on any atom is -0.348 e. The van der Waals surface area contributed by atoms with E-state index in [1.54, 1.807) is 30.5 Å². The lowest BCUT2D eigenvalue weighted by atomic mass is 10.2. The van der Waals surface area contributed by atoms with Crippen LogP contribution in [0.15, 0.2) is 30.5 Å². The Morgan fingerprint density at radius 1 is 1.39 bits per heavy atom. The topological polar surface area (TPSA) is 95.8 Å². The van der Waals surface area contributed by atoms with Gasteiger partial charge in [-0.25, -0.2) is 0 Å². The van der Waals surface area contributed by atoms with Gasteiger partial charge in [-0.1, -0.05) is 0 Å². The van der Waals surface area contributed by atoms with E-state index < -0.39 is 0 Å². The van der Waals surface area contributed by atoms with E-state index in [1.807, 2.05) is 6.92 Å². The summed E-state index contributed by atoms with van der Waals surface area (Å²) in [4.78, 5) is 11.9. The van der Waals surface area contributed by atoms with Crippen LogP contribution in [0.4, 0.5) is 5.69 Å². The summed E-state index contributed by atoms with van der Waals surface area (Å²) < 4.78 is 0. The maximum absolute atomic E-state index is 11.9. The number of anilines is 1. The quantitative estimate of drug-likeness (QED) is 0.476. The molecule has 1 aromatic carbocycles. The summed E-state index contributed by atoms with van der Waals surface area (Å²) in [5.41, 5.74) is 5.80. The van der Waals surface area contributed by atoms with Crippen LogP contribution in [0.5, 0.6) is 0 Å². The number of nitrogens with one attached hydrogen (secondary N) is 3. The van der Waals surface area contributed by atoms with E-state index in [9.17, 15) is 4.79 Å². The second-order valence-electron chi connectivity index (χ2n) is 3.92. The fourth-order valence-corrected chi connectivity index (χ4v) is 1.55. The van der Waals surface area contributed by atoms with Gasteiger partial charge in [-0.05, 0) is 31.2 Å². The first-order chi connectivity index (χ1) is 8.70. The van der Waals surface area contributed by atoms with E-state index >= 15 is 0 Å². The van der Waals surface area contributed by atoms with Gasteiger partial charge in [0.05, 0.1) is 6.20 Å². The summed E-state index contributed by atoms with van der Waals surface area (Å²) >= 11 is 0. The van der Waals surface area contributed by atoms with Crippen molar-refractivity contribution in [2.45, 2.75) is 13.5 Å². The summed E-state index contributed by atoms with van der Waals surface area (Å²) in [7, 11) is 0. The second kappa shape index (κ2) is 5.33. The number of rotatable bonds is 4. The molecule has 1 heterocycles. The number of hydrogen-bond donors (Lipinski definition) is 4. The zero-order valence-corrected chi connectivity index (χ0v) is 10.0. The van der Waals surface area contributed by atoms with Crippen LogP contribution in [0.3, 0.4) is 0 Å². The van der Waals surface area contributed by atoms with Gasteiger partial charge in [0.2, 0.25) is 0 Å². The normalized spacial score (nSPS) is 10.1. The molecule has 0 aliphatic carbocycles. The highest BCUT2D eigenvalue weighted by Gasteiger charge is 2.06. The Morgan fingerprint density at radius 2 is 2.11 bits per heavy atom. The molecule has 2 aromatic rings. The predicted octanol–water partition coefficient (Wildman–Crippen LogP) is 0.934. The fourth-order valence-electron chi connectivity index (χ4n) is 1.55. The Morgan fingerprint density at radius 3 is 2.67 bits per heavy atom. The molecule has 94 valence electrons. The SMILES string of the molecule is Cc1[nH]ncc1CNC(=O)c1ccc(NN)cc1. The summed E-state index contributed by atoms with van der Waals surface area (Å²) in [5.74, 6) is 5.13. The molecule has 1 amide bonds. The van der Waals surface area contributed by atoms with E-state index in [-0.39, 0.29) is 5.91 Å². The summed E-state index contributed by atoms with van der Waals surface area (Å²) in [6.07, 6.45) is 1.71. The van der Waals surface area contributed by atoms with Crippen LogP contribution in [0.25, 0.3) is 0 Å². The Bertz CT molecular complexity index is 532. The smallest absolute Gasteiger partial charge is 0.251 e. The number of aromatic amines is 1. The molecule has 0 radical (unpaired) electrons. The second-order valence-corrected chi connectivity index (χ2v) is 3.92. The number of amides is 1. The first-order valence-corrected chi connectivity index (χ1v) is 5.54. The molecule has 18 heavy (non-hydrogen) atoms.